The molecule has 2 amide bonds. The number of benzene rings is 2. The Morgan fingerprint density at radius 2 is 1.71 bits per heavy atom. The highest BCUT2D eigenvalue weighted by Gasteiger charge is 2.30. The number of aryl methyl sites for hydroxylation is 2. The lowest BCUT2D eigenvalue weighted by Gasteiger charge is -2.24. The van der Waals surface area contributed by atoms with Crippen molar-refractivity contribution in [1.29, 1.82) is 0 Å². The monoisotopic (exact) mass is 610 g/mol. The number of carbonyl (C=O) groups excluding carboxylic acids is 2. The van der Waals surface area contributed by atoms with Crippen LogP contribution in [0.1, 0.15) is 60.7 Å². The van der Waals surface area contributed by atoms with Crippen molar-refractivity contribution < 1.29 is 23.8 Å². The van der Waals surface area contributed by atoms with Gasteiger partial charge in [-0.2, -0.15) is 0 Å². The van der Waals surface area contributed by atoms with E-state index in [0.717, 1.165) is 47.2 Å². The summed E-state index contributed by atoms with van der Waals surface area (Å²) >= 11 is 0. The summed E-state index contributed by atoms with van der Waals surface area (Å²) in [4.78, 5) is 42.5. The topological polar surface area (TPSA) is 131 Å². The Labute approximate surface area is 261 Å². The Morgan fingerprint density at radius 3 is 2.47 bits per heavy atom. The minimum absolute atomic E-state index is 0.0734. The van der Waals surface area contributed by atoms with E-state index in [9.17, 15) is 14.4 Å². The Hall–Kier alpha value is -4.99. The fourth-order valence-electron chi connectivity index (χ4n) is 6.83. The number of ether oxygens (including phenoxy) is 3. The zero-order valence-electron chi connectivity index (χ0n) is 26.0. The average molecular weight is 611 g/mol. The van der Waals surface area contributed by atoms with Crippen molar-refractivity contribution in [3.63, 3.8) is 0 Å². The molecule has 0 saturated heterocycles. The molecule has 0 spiro atoms. The highest BCUT2D eigenvalue weighted by molar-refractivity contribution is 5.87. The molecule has 0 aliphatic heterocycles. The Morgan fingerprint density at radius 1 is 0.911 bits per heavy atom. The molecule has 3 aromatic carbocycles. The molecule has 0 saturated carbocycles. The van der Waals surface area contributed by atoms with Gasteiger partial charge in [0.1, 0.15) is 0 Å². The second-order valence-corrected chi connectivity index (χ2v) is 11.5. The minimum Gasteiger partial charge on any atom is -0.493 e. The second kappa shape index (κ2) is 12.6. The van der Waals surface area contributed by atoms with E-state index >= 15 is 0 Å². The first-order chi connectivity index (χ1) is 21.8. The summed E-state index contributed by atoms with van der Waals surface area (Å²) in [6, 6.07) is 14.6. The van der Waals surface area contributed by atoms with Crippen LogP contribution in [-0.4, -0.2) is 44.7 Å². The number of amides is 2. The summed E-state index contributed by atoms with van der Waals surface area (Å²) in [5, 5.41) is 10.4. The largest absolute Gasteiger partial charge is 0.493 e. The molecule has 4 N–H and O–H groups in total. The maximum absolute atomic E-state index is 13.6. The summed E-state index contributed by atoms with van der Waals surface area (Å²) in [6.07, 6.45) is 3.96. The van der Waals surface area contributed by atoms with Crippen LogP contribution < -0.4 is 35.6 Å². The van der Waals surface area contributed by atoms with Gasteiger partial charge in [0, 0.05) is 29.1 Å². The number of hydrogen-bond donors (Lipinski definition) is 4. The number of aromatic amines is 1. The third-order valence-electron chi connectivity index (χ3n) is 8.81. The number of anilines is 1. The van der Waals surface area contributed by atoms with Crippen molar-refractivity contribution in [3.8, 4) is 28.4 Å². The van der Waals surface area contributed by atoms with Gasteiger partial charge in [0.25, 0.3) is 0 Å². The lowest BCUT2D eigenvalue weighted by molar-refractivity contribution is -0.120. The van der Waals surface area contributed by atoms with Crippen molar-refractivity contribution in [2.45, 2.75) is 51.1 Å². The van der Waals surface area contributed by atoms with Crippen LogP contribution in [0.15, 0.2) is 53.3 Å². The second-order valence-electron chi connectivity index (χ2n) is 11.5. The van der Waals surface area contributed by atoms with E-state index in [4.69, 9.17) is 14.2 Å². The smallest absolute Gasteiger partial charge is 0.239 e. The summed E-state index contributed by atoms with van der Waals surface area (Å²) < 4.78 is 17.1. The van der Waals surface area contributed by atoms with E-state index in [0.29, 0.717) is 35.7 Å². The molecule has 2 aliphatic rings. The van der Waals surface area contributed by atoms with Gasteiger partial charge < -0.3 is 35.1 Å². The van der Waals surface area contributed by atoms with E-state index in [1.54, 1.807) is 33.5 Å². The fraction of sp³-hybridized carbons (Fsp3) is 0.343. The van der Waals surface area contributed by atoms with Gasteiger partial charge in [-0.15, -0.1) is 0 Å². The number of para-hydroxylation sites is 1. The van der Waals surface area contributed by atoms with Gasteiger partial charge in [-0.25, -0.2) is 0 Å². The standard InChI is InChI=1S/C35H38N4O6/c1-19(40)37-26-14-12-20-16-30(43-2)34(44-3)35(45-4)32(20)22-13-15-27(29(41)17-24(22)26)36-18-31(42)38-28-11-7-9-23-21-8-5-6-10-25(21)39-33(23)28/h5-6,8,10,13,15-17,26,28,39H,7,9,11-12,14,18H2,1-4H3,(H,36,41)(H,37,40)(H,38,42). The highest BCUT2D eigenvalue weighted by atomic mass is 16.5. The molecule has 234 valence electrons. The first-order valence-electron chi connectivity index (χ1n) is 15.2. The van der Waals surface area contributed by atoms with E-state index in [-0.39, 0.29) is 35.5 Å². The minimum atomic E-state index is -0.417. The maximum Gasteiger partial charge on any atom is 0.239 e. The lowest BCUT2D eigenvalue weighted by atomic mass is 9.91. The van der Waals surface area contributed by atoms with Crippen LogP contribution in [0.3, 0.4) is 0 Å². The van der Waals surface area contributed by atoms with Gasteiger partial charge in [-0.3, -0.25) is 14.4 Å². The number of rotatable bonds is 8. The molecule has 1 heterocycles. The predicted molar refractivity (Wildman–Crippen MR) is 173 cm³/mol. The summed E-state index contributed by atoms with van der Waals surface area (Å²) in [7, 11) is 4.68. The number of carbonyl (C=O) groups is 2. The number of H-pyrrole nitrogens is 1. The molecule has 0 bridgehead atoms. The van der Waals surface area contributed by atoms with Gasteiger partial charge in [0.2, 0.25) is 23.0 Å². The van der Waals surface area contributed by atoms with Crippen molar-refractivity contribution in [3.05, 3.63) is 81.1 Å². The summed E-state index contributed by atoms with van der Waals surface area (Å²) in [6.45, 7) is 1.39. The van der Waals surface area contributed by atoms with E-state index in [1.165, 1.54) is 17.9 Å². The molecular formula is C35H38N4O6. The Balaban J connectivity index is 1.31. The van der Waals surface area contributed by atoms with Gasteiger partial charge in [-0.1, -0.05) is 24.3 Å². The van der Waals surface area contributed by atoms with Crippen LogP contribution >= 0.6 is 0 Å². The molecule has 2 unspecified atom stereocenters. The van der Waals surface area contributed by atoms with Gasteiger partial charge >= 0.3 is 0 Å². The van der Waals surface area contributed by atoms with Crippen molar-refractivity contribution in [1.82, 2.24) is 15.6 Å². The number of methoxy groups -OCH3 is 3. The normalized spacial score (nSPS) is 16.8. The lowest BCUT2D eigenvalue weighted by Crippen LogP contribution is -2.35. The molecule has 2 aliphatic carbocycles. The zero-order valence-corrected chi connectivity index (χ0v) is 26.0. The molecular weight excluding hydrogens is 572 g/mol. The number of nitrogens with one attached hydrogen (secondary N) is 4. The van der Waals surface area contributed by atoms with Gasteiger partial charge in [0.05, 0.1) is 45.6 Å². The average Bonchev–Trinajstić information content (AvgIpc) is 3.26. The number of hydrogen-bond acceptors (Lipinski definition) is 7. The van der Waals surface area contributed by atoms with E-state index in [2.05, 4.69) is 33.1 Å². The van der Waals surface area contributed by atoms with Crippen LogP contribution in [0.5, 0.6) is 17.2 Å². The van der Waals surface area contributed by atoms with Crippen LogP contribution in [0, 0.1) is 0 Å². The third-order valence-corrected chi connectivity index (χ3v) is 8.81. The first-order valence-corrected chi connectivity index (χ1v) is 15.2. The van der Waals surface area contributed by atoms with Crippen LogP contribution in [-0.2, 0) is 22.4 Å². The van der Waals surface area contributed by atoms with Crippen molar-refractivity contribution in [2.24, 2.45) is 0 Å². The SMILES string of the molecule is COc1cc2c(c(OC)c1OC)-c1ccc(NCC(=O)NC3CCCc4c3[nH]c3ccccc43)c(=O)cc1C(NC(C)=O)CC2. The maximum atomic E-state index is 13.6. The highest BCUT2D eigenvalue weighted by Crippen LogP contribution is 2.50. The van der Waals surface area contributed by atoms with Crippen molar-refractivity contribution in [2.75, 3.05) is 33.2 Å². The predicted octanol–water partition coefficient (Wildman–Crippen LogP) is 4.95. The molecule has 45 heavy (non-hydrogen) atoms. The van der Waals surface area contributed by atoms with E-state index < -0.39 is 6.04 Å². The summed E-state index contributed by atoms with van der Waals surface area (Å²) in [5.41, 5.74) is 6.45. The molecule has 0 fully saturated rings. The van der Waals surface area contributed by atoms with Crippen LogP contribution in [0.4, 0.5) is 5.69 Å². The molecule has 4 aromatic rings. The van der Waals surface area contributed by atoms with Crippen LogP contribution in [0.25, 0.3) is 22.0 Å². The fourth-order valence-corrected chi connectivity index (χ4v) is 6.83. The number of aromatic nitrogens is 1. The third kappa shape index (κ3) is 5.68. The van der Waals surface area contributed by atoms with Crippen molar-refractivity contribution >= 4 is 28.4 Å². The molecule has 10 nitrogen and oxygen atoms in total. The molecule has 0 radical (unpaired) electrons. The molecule has 2 atom stereocenters. The molecule has 6 rings (SSSR count). The first kappa shape index (κ1) is 30.1. The van der Waals surface area contributed by atoms with E-state index in [1.807, 2.05) is 24.3 Å². The molecule has 10 heteroatoms. The number of fused-ring (bicyclic) bond motifs is 6. The van der Waals surface area contributed by atoms with Gasteiger partial charge in [0.15, 0.2) is 11.5 Å². The summed E-state index contributed by atoms with van der Waals surface area (Å²) in [5.74, 6) is 1.04. The van der Waals surface area contributed by atoms with Crippen LogP contribution in [0.2, 0.25) is 0 Å². The zero-order chi connectivity index (χ0) is 31.7. The quantitative estimate of drug-likeness (QED) is 0.222. The Bertz CT molecular complexity index is 1850. The Kier molecular flexibility index (Phi) is 8.38. The molecule has 1 aromatic heterocycles. The van der Waals surface area contributed by atoms with Gasteiger partial charge in [-0.05, 0) is 78.6 Å².